The number of hydrogen-bond acceptors (Lipinski definition) is 6. The number of fused-ring (bicyclic) bond motifs is 1. The van der Waals surface area contributed by atoms with Crippen LogP contribution in [-0.4, -0.2) is 38.8 Å². The van der Waals surface area contributed by atoms with E-state index in [2.05, 4.69) is 25.2 Å². The average molecular weight is 416 g/mol. The molecule has 6 nitrogen and oxygen atoms in total. The Kier molecular flexibility index (Phi) is 5.21. The number of carbonyl (C=O) groups excluding carboxylic acids is 1. The normalized spacial score (nSPS) is 14.3. The Morgan fingerprint density at radius 1 is 1.07 bits per heavy atom. The van der Waals surface area contributed by atoms with Gasteiger partial charge in [0.2, 0.25) is 0 Å². The summed E-state index contributed by atoms with van der Waals surface area (Å²) in [6.07, 6.45) is 7.81. The van der Waals surface area contributed by atoms with Gasteiger partial charge in [0.25, 0.3) is 5.91 Å². The number of para-hydroxylation sites is 1. The van der Waals surface area contributed by atoms with Crippen LogP contribution in [0.1, 0.15) is 28.2 Å². The molecule has 1 fully saturated rings. The van der Waals surface area contributed by atoms with Crippen LogP contribution in [0.5, 0.6) is 0 Å². The first-order valence-corrected chi connectivity index (χ1v) is 10.9. The molecule has 0 bridgehead atoms. The number of rotatable bonds is 5. The van der Waals surface area contributed by atoms with E-state index >= 15 is 0 Å². The van der Waals surface area contributed by atoms with Gasteiger partial charge in [-0.3, -0.25) is 14.7 Å². The maximum atomic E-state index is 12.7. The van der Waals surface area contributed by atoms with Crippen LogP contribution >= 0.6 is 11.3 Å². The minimum absolute atomic E-state index is 0.256. The van der Waals surface area contributed by atoms with Gasteiger partial charge in [0, 0.05) is 34.8 Å². The molecule has 150 valence electrons. The number of aromatic nitrogens is 3. The fraction of sp³-hybridized carbons (Fsp3) is 0.217. The molecule has 7 heteroatoms. The fourth-order valence-corrected chi connectivity index (χ4v) is 4.73. The lowest BCUT2D eigenvalue weighted by atomic mass is 10.1. The number of carbonyl (C=O) groups is 1. The van der Waals surface area contributed by atoms with Crippen LogP contribution in [-0.2, 0) is 6.54 Å². The number of hydrogen-bond donors (Lipinski definition) is 1. The first-order chi connectivity index (χ1) is 14.8. The van der Waals surface area contributed by atoms with Crippen molar-refractivity contribution in [3.63, 3.8) is 0 Å². The lowest BCUT2D eigenvalue weighted by Crippen LogP contribution is -2.17. The summed E-state index contributed by atoms with van der Waals surface area (Å²) in [5.41, 5.74) is 2.76. The van der Waals surface area contributed by atoms with Gasteiger partial charge in [0.15, 0.2) is 0 Å². The fourth-order valence-electron chi connectivity index (χ4n) is 3.74. The number of anilines is 1. The predicted octanol–water partition coefficient (Wildman–Crippen LogP) is 4.60. The molecule has 5 rings (SSSR count). The van der Waals surface area contributed by atoms with Gasteiger partial charge in [-0.05, 0) is 50.2 Å². The van der Waals surface area contributed by atoms with Crippen molar-refractivity contribution < 1.29 is 4.79 Å². The molecule has 0 unspecified atom stereocenters. The van der Waals surface area contributed by atoms with Gasteiger partial charge in [0.05, 0.1) is 17.4 Å². The average Bonchev–Trinajstić information content (AvgIpc) is 3.46. The van der Waals surface area contributed by atoms with E-state index in [1.54, 1.807) is 41.9 Å². The van der Waals surface area contributed by atoms with Crippen molar-refractivity contribution in [1.82, 2.24) is 19.9 Å². The number of benzene rings is 1. The highest BCUT2D eigenvalue weighted by molar-refractivity contribution is 7.15. The second-order valence-electron chi connectivity index (χ2n) is 7.38. The van der Waals surface area contributed by atoms with Gasteiger partial charge < -0.3 is 5.32 Å². The third kappa shape index (κ3) is 3.94. The summed E-state index contributed by atoms with van der Waals surface area (Å²) in [6.45, 7) is 3.28. The highest BCUT2D eigenvalue weighted by atomic mass is 32.1. The Bertz CT molecular complexity index is 1180. The van der Waals surface area contributed by atoms with E-state index in [-0.39, 0.29) is 5.91 Å². The standard InChI is InChI=1S/C23H21N5OS/c29-22(26-17-6-4-10-24-13-17)20-9-8-16-5-3-7-19(21(16)27-20)23-25-14-18(30-23)15-28-11-1-2-12-28/h3-10,13-14H,1-2,11-12,15H2,(H,26,29). The second-order valence-corrected chi connectivity index (χ2v) is 8.50. The molecule has 0 aliphatic carbocycles. The molecule has 1 N–H and O–H groups in total. The molecular weight excluding hydrogens is 394 g/mol. The van der Waals surface area contributed by atoms with Gasteiger partial charge in [-0.2, -0.15) is 0 Å². The topological polar surface area (TPSA) is 71.0 Å². The number of pyridine rings is 2. The highest BCUT2D eigenvalue weighted by Gasteiger charge is 2.16. The lowest BCUT2D eigenvalue weighted by molar-refractivity contribution is 0.102. The zero-order valence-corrected chi connectivity index (χ0v) is 17.2. The number of amides is 1. The zero-order chi connectivity index (χ0) is 20.3. The molecule has 1 saturated heterocycles. The number of nitrogens with one attached hydrogen (secondary N) is 1. The molecule has 1 aromatic carbocycles. The summed E-state index contributed by atoms with van der Waals surface area (Å²) in [5, 5.41) is 4.77. The molecule has 1 amide bonds. The summed E-state index contributed by atoms with van der Waals surface area (Å²) < 4.78 is 0. The van der Waals surface area contributed by atoms with E-state index in [4.69, 9.17) is 0 Å². The minimum Gasteiger partial charge on any atom is -0.319 e. The summed E-state index contributed by atoms with van der Waals surface area (Å²) in [7, 11) is 0. The molecule has 0 saturated carbocycles. The van der Waals surface area contributed by atoms with Crippen molar-refractivity contribution >= 4 is 33.8 Å². The maximum Gasteiger partial charge on any atom is 0.274 e. The van der Waals surface area contributed by atoms with E-state index in [0.717, 1.165) is 28.0 Å². The largest absolute Gasteiger partial charge is 0.319 e. The SMILES string of the molecule is O=C(Nc1cccnc1)c1ccc2cccc(-c3ncc(CN4CCCC4)s3)c2n1. The molecule has 1 aliphatic rings. The van der Waals surface area contributed by atoms with Crippen LogP contribution in [0.15, 0.2) is 61.1 Å². The molecule has 1 aliphatic heterocycles. The first-order valence-electron chi connectivity index (χ1n) is 10.0. The van der Waals surface area contributed by atoms with Gasteiger partial charge >= 0.3 is 0 Å². The van der Waals surface area contributed by atoms with Gasteiger partial charge in [-0.15, -0.1) is 11.3 Å². The second kappa shape index (κ2) is 8.30. The molecule has 4 heterocycles. The first kappa shape index (κ1) is 18.8. The zero-order valence-electron chi connectivity index (χ0n) is 16.4. The third-order valence-corrected chi connectivity index (χ3v) is 6.25. The van der Waals surface area contributed by atoms with E-state index in [9.17, 15) is 4.79 Å². The molecule has 0 atom stereocenters. The summed E-state index contributed by atoms with van der Waals surface area (Å²) in [6, 6.07) is 13.3. The van der Waals surface area contributed by atoms with Crippen LogP contribution in [0.25, 0.3) is 21.5 Å². The van der Waals surface area contributed by atoms with Crippen LogP contribution in [0.2, 0.25) is 0 Å². The molecular formula is C23H21N5OS. The monoisotopic (exact) mass is 415 g/mol. The van der Waals surface area contributed by atoms with Crippen LogP contribution < -0.4 is 5.32 Å². The lowest BCUT2D eigenvalue weighted by Gasteiger charge is -2.11. The molecule has 4 aromatic rings. The van der Waals surface area contributed by atoms with Crippen LogP contribution in [0.3, 0.4) is 0 Å². The Hall–Kier alpha value is -3.16. The Morgan fingerprint density at radius 2 is 1.97 bits per heavy atom. The van der Waals surface area contributed by atoms with E-state index in [1.807, 2.05) is 30.5 Å². The Balaban J connectivity index is 1.45. The summed E-state index contributed by atoms with van der Waals surface area (Å²) in [4.78, 5) is 29.8. The molecule has 0 radical (unpaired) electrons. The van der Waals surface area contributed by atoms with Crippen LogP contribution in [0, 0.1) is 0 Å². The third-order valence-electron chi connectivity index (χ3n) is 5.23. The predicted molar refractivity (Wildman–Crippen MR) is 120 cm³/mol. The van der Waals surface area contributed by atoms with E-state index in [1.165, 1.54) is 30.8 Å². The van der Waals surface area contributed by atoms with E-state index < -0.39 is 0 Å². The van der Waals surface area contributed by atoms with Crippen molar-refractivity contribution in [2.75, 3.05) is 18.4 Å². The molecule has 30 heavy (non-hydrogen) atoms. The quantitative estimate of drug-likeness (QED) is 0.516. The summed E-state index contributed by atoms with van der Waals surface area (Å²) >= 11 is 1.70. The Labute approximate surface area is 178 Å². The maximum absolute atomic E-state index is 12.7. The smallest absolute Gasteiger partial charge is 0.274 e. The number of thiazole rings is 1. The van der Waals surface area contributed by atoms with Crippen molar-refractivity contribution in [3.8, 4) is 10.6 Å². The molecule has 3 aromatic heterocycles. The number of nitrogens with zero attached hydrogens (tertiary/aromatic N) is 4. The van der Waals surface area contributed by atoms with Crippen LogP contribution in [0.4, 0.5) is 5.69 Å². The Morgan fingerprint density at radius 3 is 2.80 bits per heavy atom. The van der Waals surface area contributed by atoms with E-state index in [0.29, 0.717) is 11.4 Å². The van der Waals surface area contributed by atoms with Gasteiger partial charge in [0.1, 0.15) is 10.7 Å². The number of likely N-dealkylation sites (tertiary alicyclic amines) is 1. The van der Waals surface area contributed by atoms with Crippen molar-refractivity contribution in [3.05, 3.63) is 71.6 Å². The molecule has 0 spiro atoms. The van der Waals surface area contributed by atoms with Crippen molar-refractivity contribution in [2.45, 2.75) is 19.4 Å². The highest BCUT2D eigenvalue weighted by Crippen LogP contribution is 2.31. The van der Waals surface area contributed by atoms with Crippen molar-refractivity contribution in [2.24, 2.45) is 0 Å². The summed E-state index contributed by atoms with van der Waals surface area (Å²) in [5.74, 6) is -0.256. The van der Waals surface area contributed by atoms with Crippen molar-refractivity contribution in [1.29, 1.82) is 0 Å². The van der Waals surface area contributed by atoms with Gasteiger partial charge in [-0.25, -0.2) is 9.97 Å². The minimum atomic E-state index is -0.256. The van der Waals surface area contributed by atoms with Gasteiger partial charge in [-0.1, -0.05) is 18.2 Å².